The standard InChI is InChI=1S/C21H22ClF2N7O.C6H6O3S.H2S/c1-12-9-26-20(28-15-6-21(23,24)7-15)30-18(12)31-10-17(27-11-31)19(32)29-16(8-25)13-3-2-4-14(22)5-13;7-10(8,9)6-4-2-1-3-5-6;/h2-5,9-11,15-16H,6-8,25H2,1H3,(H,29,32)(H,26,28,30);1-5H,(H,7,8,9);1H2/t16-;;/m1../s1. The number of amides is 1. The molecule has 43 heavy (non-hydrogen) atoms. The SMILES string of the molecule is Cc1cnc(NC2CC(F)(F)C2)nc1-n1cnc(C(=O)N[C@H](CN)c2cccc(Cl)c2)c1.O=S(=O)(O)c1ccccc1.S. The lowest BCUT2D eigenvalue weighted by molar-refractivity contribution is -0.0794. The minimum atomic E-state index is -4.00. The molecule has 1 amide bonds. The summed E-state index contributed by atoms with van der Waals surface area (Å²) in [7, 11) is -4.00. The zero-order valence-corrected chi connectivity index (χ0v) is 25.4. The minimum Gasteiger partial charge on any atom is -0.351 e. The van der Waals surface area contributed by atoms with Gasteiger partial charge < -0.3 is 16.4 Å². The lowest BCUT2D eigenvalue weighted by atomic mass is 9.88. The highest BCUT2D eigenvalue weighted by Gasteiger charge is 2.45. The molecular weight excluding hydrogens is 624 g/mol. The van der Waals surface area contributed by atoms with Gasteiger partial charge in [0, 0.05) is 48.4 Å². The van der Waals surface area contributed by atoms with Crippen molar-refractivity contribution in [2.45, 2.75) is 42.7 Å². The molecule has 0 unspecified atom stereocenters. The number of hydrogen-bond donors (Lipinski definition) is 4. The number of carbonyl (C=O) groups excluding carboxylic acids is 1. The van der Waals surface area contributed by atoms with Crippen molar-refractivity contribution in [3.8, 4) is 5.82 Å². The van der Waals surface area contributed by atoms with Crippen molar-refractivity contribution in [3.63, 3.8) is 0 Å². The van der Waals surface area contributed by atoms with Crippen LogP contribution in [0.15, 0.2) is 78.2 Å². The summed E-state index contributed by atoms with van der Waals surface area (Å²) in [6.45, 7) is 1.99. The van der Waals surface area contributed by atoms with Crippen molar-refractivity contribution in [1.82, 2.24) is 24.8 Å². The molecule has 0 bridgehead atoms. The first-order valence-electron chi connectivity index (χ1n) is 12.7. The first-order valence-corrected chi connectivity index (χ1v) is 14.5. The number of alkyl halides is 2. The van der Waals surface area contributed by atoms with Crippen molar-refractivity contribution in [3.05, 3.63) is 95.2 Å². The second-order valence-electron chi connectivity index (χ2n) is 9.58. The molecule has 0 radical (unpaired) electrons. The molecule has 4 aromatic rings. The van der Waals surface area contributed by atoms with Crippen molar-refractivity contribution in [1.29, 1.82) is 0 Å². The third kappa shape index (κ3) is 9.18. The van der Waals surface area contributed by atoms with Gasteiger partial charge in [-0.25, -0.2) is 18.7 Å². The van der Waals surface area contributed by atoms with Crippen molar-refractivity contribution in [2.75, 3.05) is 11.9 Å². The Bertz CT molecular complexity index is 1650. The smallest absolute Gasteiger partial charge is 0.294 e. The Hall–Kier alpha value is -3.63. The Morgan fingerprint density at radius 3 is 2.47 bits per heavy atom. The number of hydrogen-bond acceptors (Lipinski definition) is 8. The number of nitrogens with two attached hydrogens (primary N) is 1. The van der Waals surface area contributed by atoms with E-state index >= 15 is 0 Å². The topological polar surface area (TPSA) is 165 Å². The summed E-state index contributed by atoms with van der Waals surface area (Å²) in [6, 6.07) is 13.7. The fraction of sp³-hybridized carbons (Fsp3) is 0.259. The van der Waals surface area contributed by atoms with Gasteiger partial charge in [-0.1, -0.05) is 41.9 Å². The number of aromatic nitrogens is 4. The molecule has 1 fully saturated rings. The Labute approximate surface area is 259 Å². The summed E-state index contributed by atoms with van der Waals surface area (Å²) in [4.78, 5) is 25.4. The van der Waals surface area contributed by atoms with Gasteiger partial charge in [-0.05, 0) is 36.8 Å². The molecule has 230 valence electrons. The molecule has 0 spiro atoms. The number of nitrogens with zero attached hydrogens (tertiary/aromatic N) is 4. The van der Waals surface area contributed by atoms with Crippen LogP contribution < -0.4 is 16.4 Å². The number of halogens is 3. The van der Waals surface area contributed by atoms with Gasteiger partial charge in [-0.15, -0.1) is 0 Å². The van der Waals surface area contributed by atoms with Crippen LogP contribution in [0, 0.1) is 6.92 Å². The van der Waals surface area contributed by atoms with Crippen LogP contribution in [0.2, 0.25) is 5.02 Å². The van der Waals surface area contributed by atoms with E-state index < -0.39 is 28.0 Å². The normalized spacial score (nSPS) is 14.7. The van der Waals surface area contributed by atoms with Gasteiger partial charge in [-0.3, -0.25) is 13.9 Å². The zero-order valence-electron chi connectivity index (χ0n) is 22.8. The van der Waals surface area contributed by atoms with Gasteiger partial charge >= 0.3 is 0 Å². The Morgan fingerprint density at radius 2 is 1.88 bits per heavy atom. The molecule has 1 aliphatic rings. The number of rotatable bonds is 8. The van der Waals surface area contributed by atoms with Crippen molar-refractivity contribution < 1.29 is 26.5 Å². The largest absolute Gasteiger partial charge is 0.351 e. The molecule has 1 saturated carbocycles. The first kappa shape index (κ1) is 33.9. The van der Waals surface area contributed by atoms with Crippen LogP contribution >= 0.6 is 25.1 Å². The van der Waals surface area contributed by atoms with Crippen LogP contribution in [-0.2, 0) is 10.1 Å². The van der Waals surface area contributed by atoms with E-state index in [0.717, 1.165) is 11.1 Å². The first-order chi connectivity index (χ1) is 19.8. The Morgan fingerprint density at radius 1 is 1.19 bits per heavy atom. The monoisotopic (exact) mass is 653 g/mol. The van der Waals surface area contributed by atoms with E-state index in [0.29, 0.717) is 10.8 Å². The lowest BCUT2D eigenvalue weighted by Gasteiger charge is -2.35. The number of anilines is 1. The lowest BCUT2D eigenvalue weighted by Crippen LogP contribution is -2.44. The van der Waals surface area contributed by atoms with E-state index in [1.807, 2.05) is 6.07 Å². The van der Waals surface area contributed by atoms with E-state index in [9.17, 15) is 22.0 Å². The van der Waals surface area contributed by atoms with Crippen LogP contribution in [-0.4, -0.2) is 56.9 Å². The maximum atomic E-state index is 13.1. The van der Waals surface area contributed by atoms with Crippen molar-refractivity contribution >= 4 is 47.1 Å². The van der Waals surface area contributed by atoms with Gasteiger partial charge in [0.2, 0.25) is 5.95 Å². The highest BCUT2D eigenvalue weighted by atomic mass is 35.5. The summed E-state index contributed by atoms with van der Waals surface area (Å²) >= 11 is 6.03. The highest BCUT2D eigenvalue weighted by Crippen LogP contribution is 2.38. The second-order valence-corrected chi connectivity index (χ2v) is 11.4. The predicted octanol–water partition coefficient (Wildman–Crippen LogP) is 4.31. The molecule has 0 aliphatic heterocycles. The van der Waals surface area contributed by atoms with Crippen LogP contribution in [0.25, 0.3) is 5.82 Å². The molecular formula is C27H30ClF2N7O4S2. The molecule has 1 atom stereocenters. The quantitative estimate of drug-likeness (QED) is 0.203. The molecule has 2 aromatic carbocycles. The third-order valence-electron chi connectivity index (χ3n) is 6.26. The van der Waals surface area contributed by atoms with Crippen LogP contribution in [0.5, 0.6) is 0 Å². The maximum Gasteiger partial charge on any atom is 0.294 e. The highest BCUT2D eigenvalue weighted by molar-refractivity contribution is 7.85. The molecule has 2 aromatic heterocycles. The van der Waals surface area contributed by atoms with Gasteiger partial charge in [0.1, 0.15) is 17.8 Å². The van der Waals surface area contributed by atoms with Gasteiger partial charge in [-0.2, -0.15) is 26.9 Å². The summed E-state index contributed by atoms with van der Waals surface area (Å²) in [5.41, 5.74) is 7.53. The average Bonchev–Trinajstić information content (AvgIpc) is 3.42. The van der Waals surface area contributed by atoms with Gasteiger partial charge in [0.25, 0.3) is 21.9 Å². The maximum absolute atomic E-state index is 13.1. The Kier molecular flexibility index (Phi) is 11.2. The van der Waals surface area contributed by atoms with Gasteiger partial charge in [0.15, 0.2) is 0 Å². The molecule has 0 saturated heterocycles. The summed E-state index contributed by atoms with van der Waals surface area (Å²) in [5, 5.41) is 6.32. The number of carbonyl (C=O) groups is 1. The van der Waals surface area contributed by atoms with Crippen LogP contribution in [0.4, 0.5) is 14.7 Å². The zero-order chi connectivity index (χ0) is 30.5. The van der Waals surface area contributed by atoms with Gasteiger partial charge in [0.05, 0.1) is 10.9 Å². The third-order valence-corrected chi connectivity index (χ3v) is 7.36. The number of nitrogens with one attached hydrogen (secondary N) is 2. The fourth-order valence-corrected chi connectivity index (χ4v) is 4.79. The van der Waals surface area contributed by atoms with E-state index in [4.69, 9.17) is 21.9 Å². The predicted molar refractivity (Wildman–Crippen MR) is 163 cm³/mol. The summed E-state index contributed by atoms with van der Waals surface area (Å²) in [5.74, 6) is -2.30. The number of aryl methyl sites for hydroxylation is 1. The summed E-state index contributed by atoms with van der Waals surface area (Å²) in [6.07, 6.45) is 4.10. The average molecular weight is 654 g/mol. The Balaban J connectivity index is 0.000000392. The van der Waals surface area contributed by atoms with E-state index in [2.05, 4.69) is 25.6 Å². The summed E-state index contributed by atoms with van der Waals surface area (Å²) < 4.78 is 57.0. The van der Waals surface area contributed by atoms with Crippen LogP contribution in [0.1, 0.15) is 40.5 Å². The molecule has 5 N–H and O–H groups in total. The fourth-order valence-electron chi connectivity index (χ4n) is 4.09. The van der Waals surface area contributed by atoms with E-state index in [1.165, 1.54) is 24.7 Å². The molecule has 1 aliphatic carbocycles. The van der Waals surface area contributed by atoms with Crippen molar-refractivity contribution in [2.24, 2.45) is 5.73 Å². The number of benzene rings is 2. The van der Waals surface area contributed by atoms with Crippen LogP contribution in [0.3, 0.4) is 0 Å². The molecule has 11 nitrogen and oxygen atoms in total. The number of imidazole rings is 1. The minimum absolute atomic E-state index is 0. The van der Waals surface area contributed by atoms with E-state index in [-0.39, 0.29) is 55.5 Å². The molecule has 16 heteroatoms. The van der Waals surface area contributed by atoms with E-state index in [1.54, 1.807) is 54.1 Å². The second kappa shape index (κ2) is 14.2. The molecule has 2 heterocycles. The molecule has 5 rings (SSSR count).